The van der Waals surface area contributed by atoms with Gasteiger partial charge in [0.05, 0.1) is 12.1 Å². The molecular weight excluding hydrogens is 372 g/mol. The third-order valence-corrected chi connectivity index (χ3v) is 4.66. The second-order valence-electron chi connectivity index (χ2n) is 7.19. The molecule has 1 heterocycles. The second kappa shape index (κ2) is 8.34. The van der Waals surface area contributed by atoms with Crippen molar-refractivity contribution in [2.24, 2.45) is 0 Å². The Morgan fingerprint density at radius 1 is 1.17 bits per heavy atom. The van der Waals surface area contributed by atoms with E-state index in [0.717, 1.165) is 16.7 Å². The molecule has 2 N–H and O–H groups in total. The van der Waals surface area contributed by atoms with Gasteiger partial charge >= 0.3 is 5.97 Å². The molecule has 29 heavy (non-hydrogen) atoms. The topological polar surface area (TPSA) is 93.7 Å². The van der Waals surface area contributed by atoms with Crippen LogP contribution in [-0.4, -0.2) is 30.0 Å². The molecule has 0 spiro atoms. The molecule has 2 unspecified atom stereocenters. The highest BCUT2D eigenvalue weighted by Crippen LogP contribution is 2.29. The van der Waals surface area contributed by atoms with Crippen molar-refractivity contribution >= 4 is 29.2 Å². The fourth-order valence-electron chi connectivity index (χ4n) is 3.28. The van der Waals surface area contributed by atoms with Gasteiger partial charge in [0.1, 0.15) is 5.75 Å². The largest absolute Gasteiger partial charge is 0.478 e. The molecule has 0 aromatic heterocycles. The summed E-state index contributed by atoms with van der Waals surface area (Å²) >= 11 is 0. The number of rotatable bonds is 5. The summed E-state index contributed by atoms with van der Waals surface area (Å²) < 4.78 is 10.8. The standard InChI is InChI=1S/C22H24N2O5/c1-12-9-13(2)20(14(3)10-12)24-21(26)15(4)28-19(25)11-18-22(27)23-16-7-5-6-8-17(16)29-18/h5-10,15,18H,11H2,1-4H3,(H,23,27)(H,24,26). The molecule has 1 aliphatic rings. The number of aryl methyl sites for hydroxylation is 3. The van der Waals surface area contributed by atoms with Gasteiger partial charge in [-0.3, -0.25) is 14.4 Å². The number of ether oxygens (including phenoxy) is 2. The van der Waals surface area contributed by atoms with Crippen molar-refractivity contribution in [2.45, 2.75) is 46.3 Å². The summed E-state index contributed by atoms with van der Waals surface area (Å²) in [7, 11) is 0. The predicted molar refractivity (Wildman–Crippen MR) is 109 cm³/mol. The van der Waals surface area contributed by atoms with Crippen molar-refractivity contribution in [3.63, 3.8) is 0 Å². The van der Waals surface area contributed by atoms with Crippen LogP contribution in [0.15, 0.2) is 36.4 Å². The van der Waals surface area contributed by atoms with E-state index in [1.165, 1.54) is 6.92 Å². The molecule has 152 valence electrons. The average molecular weight is 396 g/mol. The van der Waals surface area contributed by atoms with Gasteiger partial charge in [0.2, 0.25) is 0 Å². The van der Waals surface area contributed by atoms with Crippen molar-refractivity contribution in [3.05, 3.63) is 53.1 Å². The van der Waals surface area contributed by atoms with Gasteiger partial charge in [-0.15, -0.1) is 0 Å². The first-order valence-corrected chi connectivity index (χ1v) is 9.39. The van der Waals surface area contributed by atoms with E-state index in [1.54, 1.807) is 24.3 Å². The van der Waals surface area contributed by atoms with Gasteiger partial charge in [0.25, 0.3) is 11.8 Å². The lowest BCUT2D eigenvalue weighted by atomic mass is 10.0. The molecule has 2 amide bonds. The minimum absolute atomic E-state index is 0.291. The maximum absolute atomic E-state index is 12.5. The summed E-state index contributed by atoms with van der Waals surface area (Å²) in [5.74, 6) is -1.07. The van der Waals surface area contributed by atoms with Crippen molar-refractivity contribution in [1.29, 1.82) is 0 Å². The van der Waals surface area contributed by atoms with E-state index < -0.39 is 30.0 Å². The average Bonchev–Trinajstić information content (AvgIpc) is 2.64. The van der Waals surface area contributed by atoms with Gasteiger partial charge < -0.3 is 20.1 Å². The third kappa shape index (κ3) is 4.74. The minimum atomic E-state index is -1.01. The predicted octanol–water partition coefficient (Wildman–Crippen LogP) is 3.27. The maximum Gasteiger partial charge on any atom is 0.310 e. The van der Waals surface area contributed by atoms with E-state index in [4.69, 9.17) is 9.47 Å². The monoisotopic (exact) mass is 396 g/mol. The number of nitrogens with one attached hydrogen (secondary N) is 2. The Balaban J connectivity index is 1.58. The zero-order chi connectivity index (χ0) is 21.1. The van der Waals surface area contributed by atoms with Crippen molar-refractivity contribution in [2.75, 3.05) is 10.6 Å². The molecule has 0 aliphatic carbocycles. The zero-order valence-electron chi connectivity index (χ0n) is 16.9. The van der Waals surface area contributed by atoms with Crippen LogP contribution in [-0.2, 0) is 19.1 Å². The van der Waals surface area contributed by atoms with Crippen LogP contribution in [0.5, 0.6) is 5.75 Å². The molecule has 0 bridgehead atoms. The van der Waals surface area contributed by atoms with Crippen molar-refractivity contribution < 1.29 is 23.9 Å². The minimum Gasteiger partial charge on any atom is -0.478 e. The number of fused-ring (bicyclic) bond motifs is 1. The van der Waals surface area contributed by atoms with Gasteiger partial charge in [-0.25, -0.2) is 0 Å². The van der Waals surface area contributed by atoms with Gasteiger partial charge in [-0.05, 0) is 51.0 Å². The van der Waals surface area contributed by atoms with Crippen LogP contribution in [0.2, 0.25) is 0 Å². The number of amides is 2. The maximum atomic E-state index is 12.5. The first kappa shape index (κ1) is 20.4. The first-order valence-electron chi connectivity index (χ1n) is 9.39. The number of para-hydroxylation sites is 2. The number of esters is 1. The van der Waals surface area contributed by atoms with Crippen LogP contribution in [0.1, 0.15) is 30.0 Å². The second-order valence-corrected chi connectivity index (χ2v) is 7.19. The SMILES string of the molecule is Cc1cc(C)c(NC(=O)C(C)OC(=O)CC2Oc3ccccc3NC2=O)c(C)c1. The Hall–Kier alpha value is -3.35. The van der Waals surface area contributed by atoms with E-state index in [-0.39, 0.29) is 6.42 Å². The summed E-state index contributed by atoms with van der Waals surface area (Å²) in [5, 5.41) is 5.50. The van der Waals surface area contributed by atoms with Gasteiger partial charge in [0.15, 0.2) is 12.2 Å². The van der Waals surface area contributed by atoms with E-state index in [2.05, 4.69) is 10.6 Å². The smallest absolute Gasteiger partial charge is 0.310 e. The molecule has 7 heteroatoms. The Kier molecular flexibility index (Phi) is 5.87. The zero-order valence-corrected chi connectivity index (χ0v) is 16.9. The molecular formula is C22H24N2O5. The van der Waals surface area contributed by atoms with E-state index in [0.29, 0.717) is 17.1 Å². The molecule has 2 aromatic carbocycles. The third-order valence-electron chi connectivity index (χ3n) is 4.66. The number of carbonyl (C=O) groups excluding carboxylic acids is 3. The molecule has 1 aliphatic heterocycles. The van der Waals surface area contributed by atoms with Crippen LogP contribution in [0.25, 0.3) is 0 Å². The van der Waals surface area contributed by atoms with Crippen LogP contribution >= 0.6 is 0 Å². The molecule has 2 atom stereocenters. The molecule has 2 aromatic rings. The molecule has 0 fully saturated rings. The lowest BCUT2D eigenvalue weighted by Crippen LogP contribution is -2.40. The Labute approximate surface area is 169 Å². The number of carbonyl (C=O) groups is 3. The summed E-state index contributed by atoms with van der Waals surface area (Å²) in [6.45, 7) is 7.29. The number of hydrogen-bond donors (Lipinski definition) is 2. The summed E-state index contributed by atoms with van der Waals surface area (Å²) in [6.07, 6.45) is -2.31. The molecule has 0 radical (unpaired) electrons. The Morgan fingerprint density at radius 3 is 2.52 bits per heavy atom. The molecule has 3 rings (SSSR count). The van der Waals surface area contributed by atoms with E-state index in [1.807, 2.05) is 32.9 Å². The summed E-state index contributed by atoms with van der Waals surface area (Å²) in [4.78, 5) is 36.8. The van der Waals surface area contributed by atoms with Crippen LogP contribution in [0.4, 0.5) is 11.4 Å². The lowest BCUT2D eigenvalue weighted by molar-refractivity contribution is -0.155. The van der Waals surface area contributed by atoms with Crippen LogP contribution in [0, 0.1) is 20.8 Å². The first-order chi connectivity index (χ1) is 13.7. The fraction of sp³-hybridized carbons (Fsp3) is 0.318. The molecule has 0 saturated carbocycles. The number of benzene rings is 2. The summed E-state index contributed by atoms with van der Waals surface area (Å²) in [6, 6.07) is 10.9. The quantitative estimate of drug-likeness (QED) is 0.757. The van der Waals surface area contributed by atoms with E-state index in [9.17, 15) is 14.4 Å². The van der Waals surface area contributed by atoms with Gasteiger partial charge in [-0.2, -0.15) is 0 Å². The van der Waals surface area contributed by atoms with Crippen molar-refractivity contribution in [3.8, 4) is 5.75 Å². The van der Waals surface area contributed by atoms with Crippen molar-refractivity contribution in [1.82, 2.24) is 0 Å². The highest BCUT2D eigenvalue weighted by atomic mass is 16.6. The van der Waals surface area contributed by atoms with Crippen LogP contribution in [0.3, 0.4) is 0 Å². The normalized spacial score (nSPS) is 16.1. The number of anilines is 2. The Morgan fingerprint density at radius 2 is 1.83 bits per heavy atom. The van der Waals surface area contributed by atoms with Gasteiger partial charge in [0, 0.05) is 5.69 Å². The number of hydrogen-bond acceptors (Lipinski definition) is 5. The summed E-state index contributed by atoms with van der Waals surface area (Å²) in [5.41, 5.74) is 4.22. The van der Waals surface area contributed by atoms with Gasteiger partial charge in [-0.1, -0.05) is 29.8 Å². The molecule has 0 saturated heterocycles. The highest BCUT2D eigenvalue weighted by molar-refractivity contribution is 6.00. The van der Waals surface area contributed by atoms with Crippen LogP contribution < -0.4 is 15.4 Å². The lowest BCUT2D eigenvalue weighted by Gasteiger charge is -2.25. The van der Waals surface area contributed by atoms with E-state index >= 15 is 0 Å². The fourth-order valence-corrected chi connectivity index (χ4v) is 3.28. The highest BCUT2D eigenvalue weighted by Gasteiger charge is 2.31. The molecule has 7 nitrogen and oxygen atoms in total. The Bertz CT molecular complexity index is 946.